The Hall–Kier alpha value is -2.00. The van der Waals surface area contributed by atoms with E-state index in [4.69, 9.17) is 11.6 Å². The molecule has 2 aromatic carbocycles. The van der Waals surface area contributed by atoms with E-state index in [-0.39, 0.29) is 12.5 Å². The van der Waals surface area contributed by atoms with E-state index in [1.165, 1.54) is 4.80 Å². The highest BCUT2D eigenvalue weighted by Gasteiger charge is 2.09. The number of carbonyl (C=O) groups is 1. The van der Waals surface area contributed by atoms with Gasteiger partial charge in [-0.2, -0.15) is 4.80 Å². The van der Waals surface area contributed by atoms with Crippen molar-refractivity contribution in [2.45, 2.75) is 6.54 Å². The summed E-state index contributed by atoms with van der Waals surface area (Å²) in [6.07, 6.45) is 0. The molecule has 116 valence electrons. The first kappa shape index (κ1) is 15.9. The zero-order chi connectivity index (χ0) is 16.2. The van der Waals surface area contributed by atoms with Crippen molar-refractivity contribution in [1.82, 2.24) is 20.2 Å². The van der Waals surface area contributed by atoms with Gasteiger partial charge in [0.15, 0.2) is 0 Å². The predicted molar refractivity (Wildman–Crippen MR) is 96.1 cm³/mol. The average Bonchev–Trinajstić information content (AvgIpc) is 2.96. The number of nitrogens with zero attached hydrogens (tertiary/aromatic N) is 4. The Morgan fingerprint density at radius 2 is 2.00 bits per heavy atom. The molecule has 0 unspecified atom stereocenters. The third kappa shape index (κ3) is 4.26. The molecular formula is C15H11ClIN5O. The van der Waals surface area contributed by atoms with Crippen LogP contribution in [0.1, 0.15) is 0 Å². The van der Waals surface area contributed by atoms with Crippen LogP contribution in [-0.4, -0.2) is 26.1 Å². The highest BCUT2D eigenvalue weighted by molar-refractivity contribution is 14.1. The number of aromatic nitrogens is 4. The fraction of sp³-hybridized carbons (Fsp3) is 0.0667. The minimum Gasteiger partial charge on any atom is -0.324 e. The van der Waals surface area contributed by atoms with E-state index < -0.39 is 0 Å². The van der Waals surface area contributed by atoms with Crippen LogP contribution >= 0.6 is 34.2 Å². The molecule has 23 heavy (non-hydrogen) atoms. The normalized spacial score (nSPS) is 10.5. The van der Waals surface area contributed by atoms with Crippen LogP contribution in [0.15, 0.2) is 48.5 Å². The number of tetrazole rings is 1. The molecule has 0 aliphatic carbocycles. The number of amides is 1. The third-order valence-corrected chi connectivity index (χ3v) is 3.87. The molecule has 0 spiro atoms. The third-order valence-electron chi connectivity index (χ3n) is 2.95. The molecule has 0 radical (unpaired) electrons. The Bertz CT molecular complexity index is 834. The fourth-order valence-corrected chi connectivity index (χ4v) is 2.59. The molecule has 1 heterocycles. The van der Waals surface area contributed by atoms with Crippen molar-refractivity contribution in [2.75, 3.05) is 5.32 Å². The van der Waals surface area contributed by atoms with Gasteiger partial charge in [0.1, 0.15) is 6.54 Å². The van der Waals surface area contributed by atoms with E-state index >= 15 is 0 Å². The molecule has 8 heteroatoms. The van der Waals surface area contributed by atoms with Crippen LogP contribution in [-0.2, 0) is 11.3 Å². The second kappa shape index (κ2) is 7.05. The summed E-state index contributed by atoms with van der Waals surface area (Å²) in [6.45, 7) is -0.00787. The predicted octanol–water partition coefficient (Wildman–Crippen LogP) is 3.24. The molecule has 6 nitrogen and oxygen atoms in total. The fourth-order valence-electron chi connectivity index (χ4n) is 1.92. The highest BCUT2D eigenvalue weighted by Crippen LogP contribution is 2.17. The van der Waals surface area contributed by atoms with Crippen LogP contribution < -0.4 is 5.32 Å². The molecule has 1 N–H and O–H groups in total. The van der Waals surface area contributed by atoms with E-state index in [1.807, 2.05) is 24.3 Å². The van der Waals surface area contributed by atoms with E-state index in [2.05, 4.69) is 43.3 Å². The van der Waals surface area contributed by atoms with Gasteiger partial charge in [-0.1, -0.05) is 17.7 Å². The Morgan fingerprint density at radius 3 is 2.74 bits per heavy atom. The summed E-state index contributed by atoms with van der Waals surface area (Å²) in [7, 11) is 0. The Labute approximate surface area is 151 Å². The topological polar surface area (TPSA) is 72.7 Å². The Morgan fingerprint density at radius 1 is 1.22 bits per heavy atom. The first-order valence-electron chi connectivity index (χ1n) is 6.69. The van der Waals surface area contributed by atoms with Crippen molar-refractivity contribution >= 4 is 45.8 Å². The van der Waals surface area contributed by atoms with Crippen LogP contribution in [0.2, 0.25) is 5.02 Å². The molecule has 0 aliphatic rings. The van der Waals surface area contributed by atoms with Crippen LogP contribution in [0, 0.1) is 3.57 Å². The van der Waals surface area contributed by atoms with Gasteiger partial charge in [-0.3, -0.25) is 4.79 Å². The largest absolute Gasteiger partial charge is 0.324 e. The van der Waals surface area contributed by atoms with Crippen molar-refractivity contribution in [3.8, 4) is 11.4 Å². The summed E-state index contributed by atoms with van der Waals surface area (Å²) >= 11 is 8.03. The maximum Gasteiger partial charge on any atom is 0.248 e. The second-order valence-electron chi connectivity index (χ2n) is 4.71. The van der Waals surface area contributed by atoms with Gasteiger partial charge < -0.3 is 5.32 Å². The first-order chi connectivity index (χ1) is 11.1. The maximum atomic E-state index is 12.0. The molecule has 0 fully saturated rings. The number of nitrogens with one attached hydrogen (secondary N) is 1. The van der Waals surface area contributed by atoms with Crippen molar-refractivity contribution in [3.05, 3.63) is 57.1 Å². The lowest BCUT2D eigenvalue weighted by Crippen LogP contribution is -2.20. The van der Waals surface area contributed by atoms with E-state index in [9.17, 15) is 4.79 Å². The smallest absolute Gasteiger partial charge is 0.248 e. The van der Waals surface area contributed by atoms with Crippen LogP contribution in [0.3, 0.4) is 0 Å². The van der Waals surface area contributed by atoms with Crippen LogP contribution in [0.5, 0.6) is 0 Å². The van der Waals surface area contributed by atoms with E-state index in [1.54, 1.807) is 24.3 Å². The summed E-state index contributed by atoms with van der Waals surface area (Å²) in [5, 5.41) is 15.5. The number of rotatable bonds is 4. The van der Waals surface area contributed by atoms with Crippen molar-refractivity contribution < 1.29 is 4.79 Å². The summed E-state index contributed by atoms with van der Waals surface area (Å²) < 4.78 is 1.05. The lowest BCUT2D eigenvalue weighted by atomic mass is 10.2. The van der Waals surface area contributed by atoms with Gasteiger partial charge in [-0.25, -0.2) is 0 Å². The van der Waals surface area contributed by atoms with Gasteiger partial charge in [0.2, 0.25) is 11.7 Å². The Kier molecular flexibility index (Phi) is 4.87. The van der Waals surface area contributed by atoms with Crippen LogP contribution in [0.25, 0.3) is 11.4 Å². The molecule has 0 atom stereocenters. The van der Waals surface area contributed by atoms with E-state index in [0.717, 1.165) is 14.8 Å². The summed E-state index contributed by atoms with van der Waals surface area (Å²) in [5.41, 5.74) is 1.53. The minimum absolute atomic E-state index is 0.00787. The number of benzene rings is 2. The first-order valence-corrected chi connectivity index (χ1v) is 8.15. The molecule has 1 amide bonds. The van der Waals surface area contributed by atoms with Crippen molar-refractivity contribution in [2.24, 2.45) is 0 Å². The quantitative estimate of drug-likeness (QED) is 0.634. The SMILES string of the molecule is O=C(Cn1nnc(-c2ccc(Cl)cc2)n1)Nc1cccc(I)c1. The zero-order valence-electron chi connectivity index (χ0n) is 11.8. The molecule has 0 aliphatic heterocycles. The number of hydrogen-bond acceptors (Lipinski definition) is 4. The van der Waals surface area contributed by atoms with Crippen molar-refractivity contribution in [1.29, 1.82) is 0 Å². The van der Waals surface area contributed by atoms with Gasteiger partial charge >= 0.3 is 0 Å². The second-order valence-corrected chi connectivity index (χ2v) is 6.39. The molecule has 3 rings (SSSR count). The van der Waals surface area contributed by atoms with E-state index in [0.29, 0.717) is 10.8 Å². The highest BCUT2D eigenvalue weighted by atomic mass is 127. The summed E-state index contributed by atoms with van der Waals surface area (Å²) in [5.74, 6) is 0.232. The van der Waals surface area contributed by atoms with Gasteiger partial charge in [0.05, 0.1) is 0 Å². The molecule has 3 aromatic rings. The zero-order valence-corrected chi connectivity index (χ0v) is 14.7. The molecular weight excluding hydrogens is 429 g/mol. The Balaban J connectivity index is 1.66. The van der Waals surface area contributed by atoms with Gasteiger partial charge in [-0.15, -0.1) is 10.2 Å². The summed E-state index contributed by atoms with van der Waals surface area (Å²) in [6, 6.07) is 14.6. The lowest BCUT2D eigenvalue weighted by Gasteiger charge is -2.04. The number of carbonyl (C=O) groups excluding carboxylic acids is 1. The maximum absolute atomic E-state index is 12.0. The molecule has 0 saturated carbocycles. The summed E-state index contributed by atoms with van der Waals surface area (Å²) in [4.78, 5) is 13.3. The minimum atomic E-state index is -0.216. The molecule has 0 bridgehead atoms. The standard InChI is InChI=1S/C15H11ClIN5O/c16-11-6-4-10(5-7-11)15-19-21-22(20-15)9-14(23)18-13-3-1-2-12(17)8-13/h1-8H,9H2,(H,18,23). The van der Waals surface area contributed by atoms with Gasteiger partial charge in [0.25, 0.3) is 0 Å². The number of halogens is 2. The lowest BCUT2D eigenvalue weighted by molar-refractivity contribution is -0.117. The van der Waals surface area contributed by atoms with Crippen LogP contribution in [0.4, 0.5) is 5.69 Å². The van der Waals surface area contributed by atoms with Crippen molar-refractivity contribution in [3.63, 3.8) is 0 Å². The van der Waals surface area contributed by atoms with Gasteiger partial charge in [-0.05, 0) is 70.3 Å². The molecule has 1 aromatic heterocycles. The molecule has 0 saturated heterocycles. The van der Waals surface area contributed by atoms with Gasteiger partial charge in [0, 0.05) is 19.8 Å². The number of anilines is 1. The number of hydrogen-bond donors (Lipinski definition) is 1. The average molecular weight is 440 g/mol. The monoisotopic (exact) mass is 439 g/mol.